The lowest BCUT2D eigenvalue weighted by Gasteiger charge is -2.35. The number of aliphatic hydroxyl groups excluding tert-OH is 1. The summed E-state index contributed by atoms with van der Waals surface area (Å²) in [4.78, 5) is 25.2. The smallest absolute Gasteiger partial charge is 0.405 e. The van der Waals surface area contributed by atoms with E-state index in [0.717, 1.165) is 0 Å². The summed E-state index contributed by atoms with van der Waals surface area (Å²) in [6.07, 6.45) is -0.269. The van der Waals surface area contributed by atoms with E-state index >= 15 is 0 Å². The van der Waals surface area contributed by atoms with E-state index in [2.05, 4.69) is 17.2 Å². The summed E-state index contributed by atoms with van der Waals surface area (Å²) in [5.74, 6) is 4.73. The summed E-state index contributed by atoms with van der Waals surface area (Å²) in [6.45, 7) is 4.12. The Labute approximate surface area is 163 Å². The van der Waals surface area contributed by atoms with Gasteiger partial charge in [-0.3, -0.25) is 4.79 Å². The van der Waals surface area contributed by atoms with Crippen molar-refractivity contribution in [2.45, 2.75) is 38.8 Å². The molecule has 1 aromatic rings. The highest BCUT2D eigenvalue weighted by molar-refractivity contribution is 5.85. The lowest BCUT2D eigenvalue weighted by molar-refractivity contribution is -0.136. The maximum atomic E-state index is 13.4. The number of rotatable bonds is 5. The fourth-order valence-electron chi connectivity index (χ4n) is 3.05. The Morgan fingerprint density at radius 2 is 2.04 bits per heavy atom. The largest absolute Gasteiger partial charge is 0.489 e. The zero-order valence-corrected chi connectivity index (χ0v) is 15.9. The van der Waals surface area contributed by atoms with Crippen molar-refractivity contribution in [2.75, 3.05) is 19.7 Å². The van der Waals surface area contributed by atoms with E-state index < -0.39 is 18.0 Å². The number of nitrogens with one attached hydrogen (secondary N) is 1. The van der Waals surface area contributed by atoms with Crippen LogP contribution in [0, 0.1) is 23.6 Å². The fraction of sp³-hybridized carbons (Fsp3) is 0.500. The number of hydrogen-bond donors (Lipinski definition) is 3. The molecule has 8 heteroatoms. The maximum Gasteiger partial charge on any atom is 0.405 e. The molecule has 1 aromatic carbocycles. The van der Waals surface area contributed by atoms with E-state index in [0.29, 0.717) is 37.2 Å². The highest BCUT2D eigenvalue weighted by atomic mass is 19.1. The third-order valence-corrected chi connectivity index (χ3v) is 4.50. The van der Waals surface area contributed by atoms with E-state index in [4.69, 9.17) is 14.9 Å². The molecule has 0 spiro atoms. The summed E-state index contributed by atoms with van der Waals surface area (Å²) in [7, 11) is 0. The van der Waals surface area contributed by atoms with Crippen LogP contribution in [0.15, 0.2) is 18.2 Å². The Hall–Kier alpha value is -2.79. The zero-order chi connectivity index (χ0) is 20.7. The molecule has 0 aliphatic carbocycles. The van der Waals surface area contributed by atoms with Crippen molar-refractivity contribution in [1.29, 1.82) is 0 Å². The zero-order valence-electron chi connectivity index (χ0n) is 15.9. The predicted octanol–water partition coefficient (Wildman–Crippen LogP) is 1.83. The molecular weight excluding hydrogens is 367 g/mol. The van der Waals surface area contributed by atoms with E-state index in [1.54, 1.807) is 18.7 Å². The number of benzene rings is 1. The first kappa shape index (κ1) is 21.5. The highest BCUT2D eigenvalue weighted by Gasteiger charge is 2.31. The second-order valence-electron chi connectivity index (χ2n) is 6.91. The first-order chi connectivity index (χ1) is 13.3. The Morgan fingerprint density at radius 1 is 1.36 bits per heavy atom. The quantitative estimate of drug-likeness (QED) is 0.664. The number of ether oxygens (including phenoxy) is 1. The first-order valence-corrected chi connectivity index (χ1v) is 9.16. The van der Waals surface area contributed by atoms with Crippen LogP contribution in [0.3, 0.4) is 0 Å². The summed E-state index contributed by atoms with van der Waals surface area (Å²) in [5, 5.41) is 20.1. The summed E-state index contributed by atoms with van der Waals surface area (Å²) < 4.78 is 19.4. The van der Waals surface area contributed by atoms with Crippen LogP contribution in [-0.4, -0.2) is 59.0 Å². The van der Waals surface area contributed by atoms with E-state index in [-0.39, 0.29) is 24.5 Å². The van der Waals surface area contributed by atoms with E-state index in [1.165, 1.54) is 18.2 Å². The van der Waals surface area contributed by atoms with Gasteiger partial charge in [0.25, 0.3) is 0 Å². The minimum absolute atomic E-state index is 0.163. The van der Waals surface area contributed by atoms with Crippen LogP contribution in [0.2, 0.25) is 0 Å². The molecule has 152 valence electrons. The summed E-state index contributed by atoms with van der Waals surface area (Å²) in [5.41, 5.74) is 0.359. The van der Waals surface area contributed by atoms with Gasteiger partial charge in [-0.05, 0) is 24.1 Å². The number of nitrogens with zero attached hydrogens (tertiary/aromatic N) is 1. The molecule has 28 heavy (non-hydrogen) atoms. The molecular formula is C20H25FN2O5. The van der Waals surface area contributed by atoms with Gasteiger partial charge < -0.3 is 25.2 Å². The number of carboxylic acid groups (broad SMARTS) is 1. The van der Waals surface area contributed by atoms with E-state index in [9.17, 15) is 14.0 Å². The SMILES string of the molecule is CC(C)[C@H](NC(=O)O)C(=O)N1CCC(Oc2ccc(F)cc2C#CCO)CC1. The molecule has 0 saturated carbocycles. The third-order valence-electron chi connectivity index (χ3n) is 4.50. The molecule has 1 aliphatic rings. The van der Waals surface area contributed by atoms with Gasteiger partial charge >= 0.3 is 6.09 Å². The van der Waals surface area contributed by atoms with Crippen molar-refractivity contribution in [3.8, 4) is 17.6 Å². The fourth-order valence-corrected chi connectivity index (χ4v) is 3.05. The molecule has 1 heterocycles. The highest BCUT2D eigenvalue weighted by Crippen LogP contribution is 2.24. The summed E-state index contributed by atoms with van der Waals surface area (Å²) >= 11 is 0. The molecule has 7 nitrogen and oxygen atoms in total. The number of carbonyl (C=O) groups excluding carboxylic acids is 1. The van der Waals surface area contributed by atoms with Crippen LogP contribution in [0.25, 0.3) is 0 Å². The monoisotopic (exact) mass is 392 g/mol. The minimum Gasteiger partial charge on any atom is -0.489 e. The predicted molar refractivity (Wildman–Crippen MR) is 100 cm³/mol. The van der Waals surface area contributed by atoms with Gasteiger partial charge in [-0.25, -0.2) is 9.18 Å². The van der Waals surface area contributed by atoms with Gasteiger partial charge in [0.15, 0.2) is 0 Å². The number of hydrogen-bond acceptors (Lipinski definition) is 4. The number of likely N-dealkylation sites (tertiary alicyclic amines) is 1. The van der Waals surface area contributed by atoms with Crippen LogP contribution in [0.1, 0.15) is 32.3 Å². The Morgan fingerprint density at radius 3 is 2.61 bits per heavy atom. The van der Waals surface area contributed by atoms with Crippen LogP contribution in [0.5, 0.6) is 5.75 Å². The average Bonchev–Trinajstić information content (AvgIpc) is 2.66. The number of aliphatic hydroxyl groups is 1. The Bertz CT molecular complexity index is 764. The van der Waals surface area contributed by atoms with Gasteiger partial charge in [-0.15, -0.1) is 0 Å². The lowest BCUT2D eigenvalue weighted by atomic mass is 10.0. The normalized spacial score (nSPS) is 15.5. The van der Waals surface area contributed by atoms with Crippen LogP contribution >= 0.6 is 0 Å². The van der Waals surface area contributed by atoms with Gasteiger partial charge in [0.1, 0.15) is 30.3 Å². The van der Waals surface area contributed by atoms with Crippen molar-refractivity contribution in [3.63, 3.8) is 0 Å². The molecule has 0 aromatic heterocycles. The van der Waals surface area contributed by atoms with Gasteiger partial charge in [0, 0.05) is 25.9 Å². The molecule has 2 rings (SSSR count). The van der Waals surface area contributed by atoms with Gasteiger partial charge in [-0.1, -0.05) is 25.7 Å². The van der Waals surface area contributed by atoms with Gasteiger partial charge in [0.2, 0.25) is 5.91 Å². The van der Waals surface area contributed by atoms with Crippen molar-refractivity contribution in [2.24, 2.45) is 5.92 Å². The first-order valence-electron chi connectivity index (χ1n) is 9.16. The van der Waals surface area contributed by atoms with Gasteiger partial charge in [0.05, 0.1) is 5.56 Å². The Balaban J connectivity index is 1.99. The number of carbonyl (C=O) groups is 2. The molecule has 3 N–H and O–H groups in total. The maximum absolute atomic E-state index is 13.4. The molecule has 1 atom stereocenters. The lowest BCUT2D eigenvalue weighted by Crippen LogP contribution is -2.53. The second kappa shape index (κ2) is 9.95. The van der Waals surface area contributed by atoms with Crippen molar-refractivity contribution in [3.05, 3.63) is 29.6 Å². The molecule has 1 fully saturated rings. The number of amides is 2. The second-order valence-corrected chi connectivity index (χ2v) is 6.91. The summed E-state index contributed by atoms with van der Waals surface area (Å²) in [6, 6.07) is 3.25. The third kappa shape index (κ3) is 5.86. The van der Waals surface area contributed by atoms with Crippen molar-refractivity contribution < 1.29 is 28.9 Å². The topological polar surface area (TPSA) is 99.1 Å². The molecule has 0 bridgehead atoms. The number of halogens is 1. The minimum atomic E-state index is -1.22. The number of piperidine rings is 1. The molecule has 1 saturated heterocycles. The Kier molecular flexibility index (Phi) is 7.64. The van der Waals surface area contributed by atoms with Crippen molar-refractivity contribution in [1.82, 2.24) is 10.2 Å². The molecule has 1 aliphatic heterocycles. The molecule has 0 radical (unpaired) electrons. The van der Waals surface area contributed by atoms with Crippen LogP contribution in [-0.2, 0) is 4.79 Å². The van der Waals surface area contributed by atoms with Crippen molar-refractivity contribution >= 4 is 12.0 Å². The van der Waals surface area contributed by atoms with Crippen LogP contribution in [0.4, 0.5) is 9.18 Å². The average molecular weight is 392 g/mol. The van der Waals surface area contributed by atoms with Crippen LogP contribution < -0.4 is 10.1 Å². The standard InChI is InChI=1S/C20H25FN2O5/c1-13(2)18(22-20(26)27)19(25)23-9-7-16(8-10-23)28-17-6-5-15(21)12-14(17)4-3-11-24/h5-6,12-13,16,18,22,24H,7-11H2,1-2H3,(H,26,27)/t18-/m0/s1. The van der Waals surface area contributed by atoms with Gasteiger partial charge in [-0.2, -0.15) is 0 Å². The molecule has 2 amide bonds. The van der Waals surface area contributed by atoms with E-state index in [1.807, 2.05) is 0 Å². The molecule has 0 unspecified atom stereocenters.